The van der Waals surface area contributed by atoms with Crippen molar-refractivity contribution in [1.29, 1.82) is 0 Å². The average molecular weight is 711 g/mol. The van der Waals surface area contributed by atoms with Crippen LogP contribution < -0.4 is 5.43 Å². The molecule has 9 unspecified atom stereocenters. The number of oxime groups is 1. The monoisotopic (exact) mass is 710 g/mol. The minimum absolute atomic E-state index is 0.00339. The number of nitrogens with one attached hydrogen (secondary N) is 1. The molecule has 10 heteroatoms. The van der Waals surface area contributed by atoms with E-state index in [1.54, 1.807) is 54.6 Å². The lowest BCUT2D eigenvalue weighted by atomic mass is 9.46. The summed E-state index contributed by atoms with van der Waals surface area (Å²) in [7, 11) is 0. The second kappa shape index (κ2) is 13.8. The number of ether oxygens (including phenoxy) is 1. The maximum atomic E-state index is 16.4. The van der Waals surface area contributed by atoms with Gasteiger partial charge in [0.2, 0.25) is 0 Å². The number of aliphatic hydroxyl groups is 1. The lowest BCUT2D eigenvalue weighted by molar-refractivity contribution is -0.155. The Labute approximate surface area is 302 Å². The predicted octanol–water partition coefficient (Wildman–Crippen LogP) is 7.41. The number of rotatable bonds is 9. The number of esters is 1. The number of hydrogen-bond donors (Lipinski definition) is 2. The van der Waals surface area contributed by atoms with Gasteiger partial charge in [0.15, 0.2) is 11.2 Å². The van der Waals surface area contributed by atoms with Crippen LogP contribution in [0.5, 0.6) is 0 Å². The molecule has 0 amide bonds. The second-order valence-electron chi connectivity index (χ2n) is 15.9. The molecule has 2 N–H and O–H groups in total. The fraction of sp³-hybridized carbons (Fsp3) is 0.500. The minimum atomic E-state index is -1.34. The van der Waals surface area contributed by atoms with E-state index in [1.165, 1.54) is 0 Å². The lowest BCUT2D eigenvalue weighted by Crippen LogP contribution is -2.58. The first kappa shape index (κ1) is 35.9. The first-order valence-corrected chi connectivity index (χ1v) is 18.6. The van der Waals surface area contributed by atoms with Crippen molar-refractivity contribution < 1.29 is 33.5 Å². The molecule has 0 bridgehead atoms. The number of carbonyl (C=O) groups excluding carboxylic acids is 3. The van der Waals surface area contributed by atoms with Crippen LogP contribution in [0.15, 0.2) is 76.2 Å². The van der Waals surface area contributed by atoms with Crippen molar-refractivity contribution in [3.63, 3.8) is 0 Å². The molecule has 4 aliphatic rings. The zero-order chi connectivity index (χ0) is 36.9. The summed E-state index contributed by atoms with van der Waals surface area (Å²) in [5, 5.41) is 16.8. The van der Waals surface area contributed by atoms with E-state index in [0.29, 0.717) is 40.2 Å². The van der Waals surface area contributed by atoms with E-state index < -0.39 is 35.0 Å². The molecule has 2 aromatic carbocycles. The van der Waals surface area contributed by atoms with Gasteiger partial charge in [-0.05, 0) is 90.8 Å². The molecule has 1 heterocycles. The first-order valence-electron chi connectivity index (χ1n) is 18.6. The number of benzene rings is 2. The fourth-order valence-electron chi connectivity index (χ4n) is 10.5. The summed E-state index contributed by atoms with van der Waals surface area (Å²) in [6, 6.07) is 11.9. The number of aliphatic hydroxyl groups excluding tert-OH is 1. The van der Waals surface area contributed by atoms with E-state index >= 15 is 4.39 Å². The highest BCUT2D eigenvalue weighted by atomic mass is 19.1. The van der Waals surface area contributed by atoms with Crippen LogP contribution in [0.25, 0.3) is 21.8 Å². The molecular weight excluding hydrogens is 663 g/mol. The zero-order valence-electron chi connectivity index (χ0n) is 30.2. The molecule has 9 atom stereocenters. The van der Waals surface area contributed by atoms with Crippen LogP contribution in [0.2, 0.25) is 0 Å². The maximum absolute atomic E-state index is 16.4. The number of pyridine rings is 1. The Balaban J connectivity index is 1.09. The summed E-state index contributed by atoms with van der Waals surface area (Å²) in [6.07, 6.45) is 7.31. The van der Waals surface area contributed by atoms with Gasteiger partial charge >= 0.3 is 11.9 Å². The summed E-state index contributed by atoms with van der Waals surface area (Å²) in [6.45, 7) is 7.83. The van der Waals surface area contributed by atoms with Crippen LogP contribution in [0.4, 0.5) is 4.39 Å². The Morgan fingerprint density at radius 2 is 1.83 bits per heavy atom. The quantitative estimate of drug-likeness (QED) is 0.0777. The van der Waals surface area contributed by atoms with Crippen molar-refractivity contribution in [2.24, 2.45) is 45.6 Å². The summed E-state index contributed by atoms with van der Waals surface area (Å²) < 4.78 is 21.8. The fourth-order valence-corrected chi connectivity index (χ4v) is 10.5. The van der Waals surface area contributed by atoms with Crippen LogP contribution in [-0.2, 0) is 19.2 Å². The Morgan fingerprint density at radius 3 is 2.62 bits per heavy atom. The van der Waals surface area contributed by atoms with E-state index in [9.17, 15) is 24.3 Å². The van der Waals surface area contributed by atoms with Gasteiger partial charge in [0, 0.05) is 40.0 Å². The second-order valence-corrected chi connectivity index (χ2v) is 15.9. The van der Waals surface area contributed by atoms with E-state index in [2.05, 4.69) is 24.0 Å². The van der Waals surface area contributed by atoms with Gasteiger partial charge in [-0.25, -0.2) is 9.18 Å². The molecule has 3 saturated carbocycles. The predicted molar refractivity (Wildman–Crippen MR) is 196 cm³/mol. The Bertz CT molecular complexity index is 2080. The van der Waals surface area contributed by atoms with Gasteiger partial charge in [0.25, 0.3) is 0 Å². The van der Waals surface area contributed by atoms with Gasteiger partial charge in [0.1, 0.15) is 18.5 Å². The van der Waals surface area contributed by atoms with Gasteiger partial charge in [-0.15, -0.1) is 0 Å². The van der Waals surface area contributed by atoms with Crippen LogP contribution in [-0.4, -0.2) is 52.4 Å². The van der Waals surface area contributed by atoms with Gasteiger partial charge in [-0.3, -0.25) is 14.4 Å². The highest BCUT2D eigenvalue weighted by molar-refractivity contribution is 6.08. The van der Waals surface area contributed by atoms with E-state index in [-0.39, 0.29) is 65.2 Å². The smallest absolute Gasteiger partial charge is 0.367 e. The van der Waals surface area contributed by atoms with Crippen LogP contribution in [0.1, 0.15) is 83.0 Å². The standard InChI is InChI=1S/C42H47FN2O7/c1-5-6-7-15-35(48)51-22-34(47)36-23(2)18-29-28-20-31(43)30-19-24(16-17-41(30,3)37(28)33(46)21-42(29,36)4)45-52-40(50)27-13-10-12-26-38(27)44-32-14-9-8-11-25(32)39(26)49/h8-14,16-17,19,23,28-29,31,33,36-37,46H,5-7,15,18,20-22H2,1-4H3,(H,44,49)/b45-24-. The number of allylic oxidation sites excluding steroid dienone is 4. The molecular formula is C42H47FN2O7. The minimum Gasteiger partial charge on any atom is -0.458 e. The topological polar surface area (TPSA) is 135 Å². The molecule has 7 rings (SSSR count). The molecule has 3 fully saturated rings. The Morgan fingerprint density at radius 1 is 1.06 bits per heavy atom. The molecule has 0 radical (unpaired) electrons. The Kier molecular flexibility index (Phi) is 9.57. The number of ketones is 1. The van der Waals surface area contributed by atoms with Crippen molar-refractivity contribution in [3.05, 3.63) is 82.1 Å². The molecule has 4 aliphatic carbocycles. The van der Waals surface area contributed by atoms with Crippen molar-refractivity contribution in [2.75, 3.05) is 6.61 Å². The lowest BCUT2D eigenvalue weighted by Gasteiger charge is -2.59. The number of aromatic nitrogens is 1. The molecule has 0 spiro atoms. The number of para-hydroxylation sites is 2. The summed E-state index contributed by atoms with van der Waals surface area (Å²) in [5.41, 5.74) is 0.245. The number of hydrogen-bond acceptors (Lipinski definition) is 8. The molecule has 0 saturated heterocycles. The van der Waals surface area contributed by atoms with Crippen LogP contribution >= 0.6 is 0 Å². The van der Waals surface area contributed by atoms with Crippen molar-refractivity contribution in [2.45, 2.75) is 84.9 Å². The van der Waals surface area contributed by atoms with E-state index in [4.69, 9.17) is 9.57 Å². The number of nitrogens with zero attached hydrogens (tertiary/aromatic N) is 1. The molecule has 274 valence electrons. The van der Waals surface area contributed by atoms with Gasteiger partial charge < -0.3 is 19.7 Å². The SMILES string of the molecule is CCCCCC(=O)OCC(=O)C1C(C)CC2C3CC(F)C4=C/C(=N\OC(=O)c5cccc6c(=O)c7ccccc7[nH]c56)C=CC4(C)C3C(O)CC21C. The summed E-state index contributed by atoms with van der Waals surface area (Å²) in [5.74, 6) is -2.10. The number of H-pyrrole nitrogens is 1. The molecule has 0 aliphatic heterocycles. The van der Waals surface area contributed by atoms with Gasteiger partial charge in [0.05, 0.1) is 17.2 Å². The van der Waals surface area contributed by atoms with E-state index in [0.717, 1.165) is 25.7 Å². The number of aromatic amines is 1. The molecule has 52 heavy (non-hydrogen) atoms. The third-order valence-electron chi connectivity index (χ3n) is 12.7. The third-order valence-corrected chi connectivity index (χ3v) is 12.7. The summed E-state index contributed by atoms with van der Waals surface area (Å²) >= 11 is 0. The highest BCUT2D eigenvalue weighted by Crippen LogP contribution is 2.67. The van der Waals surface area contributed by atoms with Crippen molar-refractivity contribution in [1.82, 2.24) is 4.98 Å². The maximum Gasteiger partial charge on any atom is 0.367 e. The number of Topliss-reactive ketones (excluding diaryl/α,β-unsaturated/α-hetero) is 1. The van der Waals surface area contributed by atoms with E-state index in [1.807, 2.05) is 19.9 Å². The molecule has 9 nitrogen and oxygen atoms in total. The summed E-state index contributed by atoms with van der Waals surface area (Å²) in [4.78, 5) is 60.9. The number of halogens is 1. The Hall–Kier alpha value is -4.44. The zero-order valence-corrected chi connectivity index (χ0v) is 30.2. The average Bonchev–Trinajstić information content (AvgIpc) is 3.39. The third kappa shape index (κ3) is 6.02. The van der Waals surface area contributed by atoms with Crippen LogP contribution in [0, 0.1) is 40.4 Å². The normalized spacial score (nSPS) is 32.9. The molecule has 1 aromatic heterocycles. The molecule has 3 aromatic rings. The van der Waals surface area contributed by atoms with Gasteiger partial charge in [-0.1, -0.05) is 70.0 Å². The number of unbranched alkanes of at least 4 members (excludes halogenated alkanes) is 2. The van der Waals surface area contributed by atoms with Crippen LogP contribution in [0.3, 0.4) is 0 Å². The van der Waals surface area contributed by atoms with Crippen molar-refractivity contribution >= 4 is 45.2 Å². The number of fused-ring (bicyclic) bond motifs is 7. The number of carbonyl (C=O) groups is 3. The van der Waals surface area contributed by atoms with Gasteiger partial charge in [-0.2, -0.15) is 0 Å². The number of alkyl halides is 1. The largest absolute Gasteiger partial charge is 0.458 e. The first-order chi connectivity index (χ1) is 24.9. The van der Waals surface area contributed by atoms with Crippen molar-refractivity contribution in [3.8, 4) is 0 Å². The highest BCUT2D eigenvalue weighted by Gasteiger charge is 2.65.